The first-order valence-electron chi connectivity index (χ1n) is 5.16. The fraction of sp³-hybridized carbons (Fsp3) is 0.444. The second-order valence-corrected chi connectivity index (χ2v) is 5.31. The fourth-order valence-corrected chi connectivity index (χ4v) is 1.58. The van der Waals surface area contributed by atoms with Crippen LogP contribution >= 0.6 is 0 Å². The molecule has 9 heteroatoms. The molecule has 18 heavy (non-hydrogen) atoms. The summed E-state index contributed by atoms with van der Waals surface area (Å²) >= 11 is 0. The van der Waals surface area contributed by atoms with E-state index in [1.54, 1.807) is 6.07 Å². The standard InChI is InChI=1S/C9H15N5O3S/c1-10-9(15)7-3-4-8(14-13-7)11-5-6-12-18(2,16)17/h3-4,12H,5-6H2,1-2H3,(H,10,15)(H,11,14). The highest BCUT2D eigenvalue weighted by atomic mass is 32.2. The topological polar surface area (TPSA) is 113 Å². The Morgan fingerprint density at radius 3 is 2.50 bits per heavy atom. The van der Waals surface area contributed by atoms with E-state index in [0.29, 0.717) is 12.4 Å². The van der Waals surface area contributed by atoms with Gasteiger partial charge in [-0.05, 0) is 12.1 Å². The van der Waals surface area contributed by atoms with E-state index in [9.17, 15) is 13.2 Å². The summed E-state index contributed by atoms with van der Waals surface area (Å²) in [5.74, 6) is 0.158. The molecule has 1 aromatic heterocycles. The maximum absolute atomic E-state index is 11.2. The average molecular weight is 273 g/mol. The molecule has 8 nitrogen and oxygen atoms in total. The van der Waals surface area contributed by atoms with E-state index in [2.05, 4.69) is 25.6 Å². The number of rotatable bonds is 6. The van der Waals surface area contributed by atoms with E-state index in [4.69, 9.17) is 0 Å². The molecule has 100 valence electrons. The molecule has 1 heterocycles. The fourth-order valence-electron chi connectivity index (χ4n) is 1.10. The van der Waals surface area contributed by atoms with Gasteiger partial charge in [0.05, 0.1) is 6.26 Å². The van der Waals surface area contributed by atoms with Crippen LogP contribution in [0.2, 0.25) is 0 Å². The third-order valence-electron chi connectivity index (χ3n) is 1.92. The summed E-state index contributed by atoms with van der Waals surface area (Å²) in [6.07, 6.45) is 1.09. The molecule has 0 saturated carbocycles. The van der Waals surface area contributed by atoms with Gasteiger partial charge in [0.15, 0.2) is 5.69 Å². The van der Waals surface area contributed by atoms with Crippen LogP contribution in [0, 0.1) is 0 Å². The molecule has 0 spiro atoms. The first kappa shape index (κ1) is 14.3. The molecule has 0 aromatic carbocycles. The first-order valence-corrected chi connectivity index (χ1v) is 7.06. The summed E-state index contributed by atoms with van der Waals surface area (Å²) in [6, 6.07) is 3.12. The SMILES string of the molecule is CNC(=O)c1ccc(NCCNS(C)(=O)=O)nn1. The molecule has 0 aliphatic carbocycles. The highest BCUT2D eigenvalue weighted by Crippen LogP contribution is 2.00. The average Bonchev–Trinajstić information content (AvgIpc) is 2.33. The van der Waals surface area contributed by atoms with E-state index in [-0.39, 0.29) is 18.1 Å². The number of anilines is 1. The number of hydrogen-bond donors (Lipinski definition) is 3. The minimum atomic E-state index is -3.18. The van der Waals surface area contributed by atoms with Crippen molar-refractivity contribution in [3.8, 4) is 0 Å². The third kappa shape index (κ3) is 5.06. The molecule has 3 N–H and O–H groups in total. The molecule has 1 aromatic rings. The Hall–Kier alpha value is -1.74. The van der Waals surface area contributed by atoms with Gasteiger partial charge in [-0.1, -0.05) is 0 Å². The highest BCUT2D eigenvalue weighted by Gasteiger charge is 2.05. The molecule has 0 aliphatic heterocycles. The molecular formula is C9H15N5O3S. The van der Waals surface area contributed by atoms with Crippen molar-refractivity contribution in [1.29, 1.82) is 0 Å². The van der Waals surface area contributed by atoms with Gasteiger partial charge < -0.3 is 10.6 Å². The number of carbonyl (C=O) groups excluding carboxylic acids is 1. The van der Waals surface area contributed by atoms with Gasteiger partial charge in [-0.3, -0.25) is 4.79 Å². The normalized spacial score (nSPS) is 11.0. The van der Waals surface area contributed by atoms with Crippen molar-refractivity contribution in [2.75, 3.05) is 31.7 Å². The molecular weight excluding hydrogens is 258 g/mol. The smallest absolute Gasteiger partial charge is 0.271 e. The zero-order chi connectivity index (χ0) is 13.6. The van der Waals surface area contributed by atoms with E-state index in [1.807, 2.05) is 0 Å². The number of aromatic nitrogens is 2. The summed E-state index contributed by atoms with van der Waals surface area (Å²) in [6.45, 7) is 0.624. The van der Waals surface area contributed by atoms with Gasteiger partial charge in [-0.25, -0.2) is 13.1 Å². The lowest BCUT2D eigenvalue weighted by atomic mass is 10.3. The van der Waals surface area contributed by atoms with Gasteiger partial charge in [0.1, 0.15) is 5.82 Å². The van der Waals surface area contributed by atoms with Gasteiger partial charge in [0.2, 0.25) is 10.0 Å². The Labute approximate surface area is 105 Å². The van der Waals surface area contributed by atoms with Crippen molar-refractivity contribution in [2.45, 2.75) is 0 Å². The van der Waals surface area contributed by atoms with Gasteiger partial charge in [-0.15, -0.1) is 10.2 Å². The molecule has 1 rings (SSSR count). The lowest BCUT2D eigenvalue weighted by Gasteiger charge is -2.05. The minimum absolute atomic E-state index is 0.220. The highest BCUT2D eigenvalue weighted by molar-refractivity contribution is 7.88. The van der Waals surface area contributed by atoms with Gasteiger partial charge in [-0.2, -0.15) is 0 Å². The minimum Gasteiger partial charge on any atom is -0.367 e. The first-order chi connectivity index (χ1) is 8.42. The number of nitrogens with zero attached hydrogens (tertiary/aromatic N) is 2. The van der Waals surface area contributed by atoms with Gasteiger partial charge in [0, 0.05) is 20.1 Å². The quantitative estimate of drug-likeness (QED) is 0.561. The predicted octanol–water partition coefficient (Wildman–Crippen LogP) is -1.20. The van der Waals surface area contributed by atoms with Crippen LogP contribution in [0.25, 0.3) is 0 Å². The molecule has 0 saturated heterocycles. The van der Waals surface area contributed by atoms with Crippen molar-refractivity contribution in [2.24, 2.45) is 0 Å². The molecule has 0 bridgehead atoms. The third-order valence-corrected chi connectivity index (χ3v) is 2.65. The zero-order valence-electron chi connectivity index (χ0n) is 10.1. The molecule has 0 aliphatic rings. The number of carbonyl (C=O) groups is 1. The Bertz CT molecular complexity index is 499. The molecule has 1 amide bonds. The van der Waals surface area contributed by atoms with Crippen molar-refractivity contribution >= 4 is 21.7 Å². The maximum atomic E-state index is 11.2. The monoisotopic (exact) mass is 273 g/mol. The number of sulfonamides is 1. The van der Waals surface area contributed by atoms with Gasteiger partial charge >= 0.3 is 0 Å². The zero-order valence-corrected chi connectivity index (χ0v) is 10.9. The number of hydrogen-bond acceptors (Lipinski definition) is 6. The summed E-state index contributed by atoms with van der Waals surface area (Å²) in [5, 5.41) is 12.8. The van der Waals surface area contributed by atoms with E-state index in [0.717, 1.165) is 6.26 Å². The molecule has 0 fully saturated rings. The van der Waals surface area contributed by atoms with Crippen LogP contribution in [-0.4, -0.2) is 50.9 Å². The number of amides is 1. The summed E-state index contributed by atoms with van der Waals surface area (Å²) in [4.78, 5) is 11.2. The Kier molecular flexibility index (Phi) is 4.98. The van der Waals surface area contributed by atoms with Crippen LogP contribution in [0.5, 0.6) is 0 Å². The van der Waals surface area contributed by atoms with Crippen LogP contribution in [0.15, 0.2) is 12.1 Å². The Morgan fingerprint density at radius 2 is 2.00 bits per heavy atom. The van der Waals surface area contributed by atoms with Gasteiger partial charge in [0.25, 0.3) is 5.91 Å². The van der Waals surface area contributed by atoms with Crippen molar-refractivity contribution in [3.63, 3.8) is 0 Å². The van der Waals surface area contributed by atoms with E-state index < -0.39 is 10.0 Å². The Balaban J connectivity index is 2.42. The predicted molar refractivity (Wildman–Crippen MR) is 66.8 cm³/mol. The summed E-state index contributed by atoms with van der Waals surface area (Å²) in [7, 11) is -1.67. The summed E-state index contributed by atoms with van der Waals surface area (Å²) < 4.78 is 23.9. The van der Waals surface area contributed by atoms with Crippen molar-refractivity contribution < 1.29 is 13.2 Å². The second kappa shape index (κ2) is 6.26. The van der Waals surface area contributed by atoms with Crippen LogP contribution in [-0.2, 0) is 10.0 Å². The van der Waals surface area contributed by atoms with E-state index >= 15 is 0 Å². The van der Waals surface area contributed by atoms with Crippen molar-refractivity contribution in [3.05, 3.63) is 17.8 Å². The van der Waals surface area contributed by atoms with Crippen LogP contribution in [0.3, 0.4) is 0 Å². The molecule has 0 radical (unpaired) electrons. The lowest BCUT2D eigenvalue weighted by molar-refractivity contribution is 0.0957. The largest absolute Gasteiger partial charge is 0.367 e. The van der Waals surface area contributed by atoms with Crippen LogP contribution < -0.4 is 15.4 Å². The maximum Gasteiger partial charge on any atom is 0.271 e. The van der Waals surface area contributed by atoms with Crippen LogP contribution in [0.1, 0.15) is 10.5 Å². The summed E-state index contributed by atoms with van der Waals surface area (Å²) in [5.41, 5.74) is 0.220. The van der Waals surface area contributed by atoms with Crippen molar-refractivity contribution in [1.82, 2.24) is 20.2 Å². The van der Waals surface area contributed by atoms with E-state index in [1.165, 1.54) is 13.1 Å². The number of nitrogens with one attached hydrogen (secondary N) is 3. The van der Waals surface area contributed by atoms with Crippen LogP contribution in [0.4, 0.5) is 5.82 Å². The molecule has 0 atom stereocenters. The lowest BCUT2D eigenvalue weighted by Crippen LogP contribution is -2.28. The molecule has 0 unspecified atom stereocenters. The second-order valence-electron chi connectivity index (χ2n) is 3.48. The Morgan fingerprint density at radius 1 is 1.28 bits per heavy atom.